The second kappa shape index (κ2) is 4.51. The summed E-state index contributed by atoms with van der Waals surface area (Å²) in [6.45, 7) is 0.692. The van der Waals surface area contributed by atoms with Crippen molar-refractivity contribution >= 4 is 16.6 Å². The number of rotatable bonds is 2. The van der Waals surface area contributed by atoms with Crippen LogP contribution in [0.5, 0.6) is 0 Å². The minimum atomic E-state index is 0.692. The summed E-state index contributed by atoms with van der Waals surface area (Å²) in [5, 5.41) is 10.2. The van der Waals surface area contributed by atoms with Gasteiger partial charge in [-0.25, -0.2) is 0 Å². The number of nitrogen functional groups attached to an aromatic ring is 1. The zero-order chi connectivity index (χ0) is 13.2. The zero-order valence-electron chi connectivity index (χ0n) is 10.4. The van der Waals surface area contributed by atoms with Gasteiger partial charge in [0.05, 0.1) is 11.6 Å². The monoisotopic (exact) mass is 247 g/mol. The van der Waals surface area contributed by atoms with Gasteiger partial charge in [0.2, 0.25) is 0 Å². The molecular formula is C16H13N3. The first-order valence-electron chi connectivity index (χ1n) is 6.10. The normalized spacial score (nSPS) is 10.5. The third-order valence-corrected chi connectivity index (χ3v) is 3.27. The average Bonchev–Trinajstić information content (AvgIpc) is 2.82. The fraction of sp³-hybridized carbons (Fsp3) is 0.0625. The standard InChI is InChI=1S/C16H13N3/c17-10-13-3-1-2-4-14(13)11-19-8-7-12-9-15(18)5-6-16(12)19/h1-9H,11,18H2. The third kappa shape index (κ3) is 2.04. The van der Waals surface area contributed by atoms with E-state index in [2.05, 4.69) is 10.6 Å². The number of nitriles is 1. The molecule has 0 spiro atoms. The van der Waals surface area contributed by atoms with Gasteiger partial charge in [0.15, 0.2) is 0 Å². The van der Waals surface area contributed by atoms with Crippen molar-refractivity contribution in [2.45, 2.75) is 6.54 Å². The topological polar surface area (TPSA) is 54.7 Å². The molecule has 1 aromatic heterocycles. The van der Waals surface area contributed by atoms with E-state index in [1.54, 1.807) is 0 Å². The van der Waals surface area contributed by atoms with E-state index < -0.39 is 0 Å². The quantitative estimate of drug-likeness (QED) is 0.707. The van der Waals surface area contributed by atoms with E-state index in [9.17, 15) is 0 Å². The fourth-order valence-electron chi connectivity index (χ4n) is 2.31. The Balaban J connectivity index is 2.04. The molecule has 3 aromatic rings. The molecule has 92 valence electrons. The molecule has 0 aliphatic heterocycles. The molecule has 3 heteroatoms. The molecule has 0 atom stereocenters. The maximum atomic E-state index is 9.12. The second-order valence-corrected chi connectivity index (χ2v) is 4.53. The number of nitrogens with zero attached hydrogens (tertiary/aromatic N) is 2. The second-order valence-electron chi connectivity index (χ2n) is 4.53. The predicted molar refractivity (Wildman–Crippen MR) is 76.6 cm³/mol. The van der Waals surface area contributed by atoms with Gasteiger partial charge in [-0.05, 0) is 35.9 Å². The average molecular weight is 247 g/mol. The first kappa shape index (κ1) is 11.4. The summed E-state index contributed by atoms with van der Waals surface area (Å²) in [7, 11) is 0. The van der Waals surface area contributed by atoms with Crippen LogP contribution in [0.3, 0.4) is 0 Å². The molecule has 2 aromatic carbocycles. The van der Waals surface area contributed by atoms with Crippen LogP contribution >= 0.6 is 0 Å². The van der Waals surface area contributed by atoms with Crippen molar-refractivity contribution in [3.8, 4) is 6.07 Å². The summed E-state index contributed by atoms with van der Waals surface area (Å²) in [6.07, 6.45) is 2.03. The summed E-state index contributed by atoms with van der Waals surface area (Å²) >= 11 is 0. The third-order valence-electron chi connectivity index (χ3n) is 3.27. The molecule has 2 N–H and O–H groups in total. The molecule has 0 unspecified atom stereocenters. The molecule has 0 saturated heterocycles. The van der Waals surface area contributed by atoms with Gasteiger partial charge < -0.3 is 10.3 Å². The van der Waals surface area contributed by atoms with Gasteiger partial charge in [-0.3, -0.25) is 0 Å². The van der Waals surface area contributed by atoms with Crippen molar-refractivity contribution in [2.75, 3.05) is 5.73 Å². The minimum Gasteiger partial charge on any atom is -0.399 e. The molecule has 0 aliphatic rings. The van der Waals surface area contributed by atoms with Crippen LogP contribution in [0.1, 0.15) is 11.1 Å². The molecule has 3 rings (SSSR count). The van der Waals surface area contributed by atoms with E-state index in [0.29, 0.717) is 6.54 Å². The fourth-order valence-corrected chi connectivity index (χ4v) is 2.31. The van der Waals surface area contributed by atoms with Gasteiger partial charge in [-0.1, -0.05) is 18.2 Å². The lowest BCUT2D eigenvalue weighted by Gasteiger charge is -2.07. The molecule has 3 nitrogen and oxygen atoms in total. The van der Waals surface area contributed by atoms with Crippen LogP contribution in [-0.4, -0.2) is 4.57 Å². The minimum absolute atomic E-state index is 0.692. The van der Waals surface area contributed by atoms with E-state index in [0.717, 1.165) is 27.7 Å². The molecule has 0 bridgehead atoms. The smallest absolute Gasteiger partial charge is 0.0995 e. The zero-order valence-corrected chi connectivity index (χ0v) is 10.4. The Hall–Kier alpha value is -2.73. The van der Waals surface area contributed by atoms with Crippen LogP contribution in [-0.2, 0) is 6.54 Å². The molecule has 0 aliphatic carbocycles. The molecule has 0 radical (unpaired) electrons. The summed E-state index contributed by atoms with van der Waals surface area (Å²) < 4.78 is 2.13. The number of hydrogen-bond acceptors (Lipinski definition) is 2. The Bertz CT molecular complexity index is 778. The lowest BCUT2D eigenvalue weighted by molar-refractivity contribution is 0.834. The van der Waals surface area contributed by atoms with Crippen LogP contribution < -0.4 is 5.73 Å². The van der Waals surface area contributed by atoms with Crippen molar-refractivity contribution in [1.29, 1.82) is 5.26 Å². The van der Waals surface area contributed by atoms with E-state index in [-0.39, 0.29) is 0 Å². The highest BCUT2D eigenvalue weighted by atomic mass is 14.9. The molecule has 19 heavy (non-hydrogen) atoms. The van der Waals surface area contributed by atoms with Gasteiger partial charge in [0, 0.05) is 29.3 Å². The maximum absolute atomic E-state index is 9.12. The summed E-state index contributed by atoms with van der Waals surface area (Å²) in [5.41, 5.74) is 9.42. The van der Waals surface area contributed by atoms with Crippen LogP contribution in [0.4, 0.5) is 5.69 Å². The van der Waals surface area contributed by atoms with Gasteiger partial charge in [-0.2, -0.15) is 5.26 Å². The van der Waals surface area contributed by atoms with Crippen LogP contribution in [0.25, 0.3) is 10.9 Å². The first-order valence-corrected chi connectivity index (χ1v) is 6.10. The van der Waals surface area contributed by atoms with E-state index in [1.807, 2.05) is 54.7 Å². The lowest BCUT2D eigenvalue weighted by atomic mass is 10.1. The Kier molecular flexibility index (Phi) is 2.70. The van der Waals surface area contributed by atoms with E-state index in [4.69, 9.17) is 11.0 Å². The number of benzene rings is 2. The number of anilines is 1. The van der Waals surface area contributed by atoms with Crippen LogP contribution in [0, 0.1) is 11.3 Å². The van der Waals surface area contributed by atoms with Gasteiger partial charge in [-0.15, -0.1) is 0 Å². The van der Waals surface area contributed by atoms with Gasteiger partial charge >= 0.3 is 0 Å². The van der Waals surface area contributed by atoms with Crippen molar-refractivity contribution < 1.29 is 0 Å². The summed E-state index contributed by atoms with van der Waals surface area (Å²) in [5.74, 6) is 0. The van der Waals surface area contributed by atoms with Crippen LogP contribution in [0.15, 0.2) is 54.7 Å². The summed E-state index contributed by atoms with van der Waals surface area (Å²) in [4.78, 5) is 0. The van der Waals surface area contributed by atoms with Crippen molar-refractivity contribution in [1.82, 2.24) is 4.57 Å². The molecule has 0 fully saturated rings. The van der Waals surface area contributed by atoms with Crippen molar-refractivity contribution in [3.63, 3.8) is 0 Å². The Morgan fingerprint density at radius 2 is 1.95 bits per heavy atom. The first-order chi connectivity index (χ1) is 9.28. The van der Waals surface area contributed by atoms with Gasteiger partial charge in [0.25, 0.3) is 0 Å². The molecular weight excluding hydrogens is 234 g/mol. The number of nitrogens with two attached hydrogens (primary N) is 1. The van der Waals surface area contributed by atoms with Crippen molar-refractivity contribution in [2.24, 2.45) is 0 Å². The highest BCUT2D eigenvalue weighted by Crippen LogP contribution is 2.20. The number of fused-ring (bicyclic) bond motifs is 1. The Labute approximate surface area is 111 Å². The number of hydrogen-bond donors (Lipinski definition) is 1. The maximum Gasteiger partial charge on any atom is 0.0995 e. The largest absolute Gasteiger partial charge is 0.399 e. The summed E-state index contributed by atoms with van der Waals surface area (Å²) in [6, 6.07) is 17.8. The SMILES string of the molecule is N#Cc1ccccc1Cn1ccc2cc(N)ccc21. The van der Waals surface area contributed by atoms with E-state index in [1.165, 1.54) is 0 Å². The Morgan fingerprint density at radius 3 is 2.79 bits per heavy atom. The molecule has 0 amide bonds. The van der Waals surface area contributed by atoms with Gasteiger partial charge in [0.1, 0.15) is 0 Å². The molecule has 1 heterocycles. The highest BCUT2D eigenvalue weighted by Gasteiger charge is 2.05. The number of aromatic nitrogens is 1. The lowest BCUT2D eigenvalue weighted by Crippen LogP contribution is -2.00. The highest BCUT2D eigenvalue weighted by molar-refractivity contribution is 5.83. The molecule has 0 saturated carbocycles. The van der Waals surface area contributed by atoms with Crippen LogP contribution in [0.2, 0.25) is 0 Å². The van der Waals surface area contributed by atoms with E-state index >= 15 is 0 Å². The van der Waals surface area contributed by atoms with Crippen molar-refractivity contribution in [3.05, 3.63) is 65.9 Å². The predicted octanol–water partition coefficient (Wildman–Crippen LogP) is 3.14. The Morgan fingerprint density at radius 1 is 1.11 bits per heavy atom.